The molecule has 14 heavy (non-hydrogen) atoms. The Labute approximate surface area is 86.0 Å². The zero-order chi connectivity index (χ0) is 9.97. The van der Waals surface area contributed by atoms with Gasteiger partial charge in [-0.15, -0.1) is 0 Å². The molecule has 2 fully saturated rings. The highest BCUT2D eigenvalue weighted by Crippen LogP contribution is 2.43. The summed E-state index contributed by atoms with van der Waals surface area (Å²) in [5.74, 6) is 1.65. The summed E-state index contributed by atoms with van der Waals surface area (Å²) in [7, 11) is 0. The lowest BCUT2D eigenvalue weighted by molar-refractivity contribution is -0.125. The summed E-state index contributed by atoms with van der Waals surface area (Å²) in [4.78, 5) is 11.0. The molecule has 0 spiro atoms. The van der Waals surface area contributed by atoms with E-state index in [-0.39, 0.29) is 12.0 Å². The highest BCUT2D eigenvalue weighted by atomic mass is 16.5. The van der Waals surface area contributed by atoms with E-state index in [4.69, 9.17) is 4.74 Å². The second-order valence-electron chi connectivity index (χ2n) is 4.75. The van der Waals surface area contributed by atoms with Crippen molar-refractivity contribution in [1.82, 2.24) is 0 Å². The molecule has 0 aromatic heterocycles. The SMILES string of the molecule is CCOC1C(C=O)CC2CCCC1C2. The summed E-state index contributed by atoms with van der Waals surface area (Å²) in [6.07, 6.45) is 7.68. The Kier molecular flexibility index (Phi) is 3.22. The number of fused-ring (bicyclic) bond motifs is 2. The van der Waals surface area contributed by atoms with E-state index in [1.54, 1.807) is 0 Å². The maximum Gasteiger partial charge on any atom is 0.125 e. The molecule has 2 heteroatoms. The zero-order valence-corrected chi connectivity index (χ0v) is 8.95. The maximum atomic E-state index is 11.0. The molecule has 4 atom stereocenters. The van der Waals surface area contributed by atoms with Crippen LogP contribution in [0.15, 0.2) is 0 Å². The lowest BCUT2D eigenvalue weighted by Gasteiger charge is -2.43. The van der Waals surface area contributed by atoms with E-state index in [9.17, 15) is 4.79 Å². The first kappa shape index (κ1) is 10.2. The first-order chi connectivity index (χ1) is 6.85. The fourth-order valence-electron chi connectivity index (χ4n) is 3.30. The summed E-state index contributed by atoms with van der Waals surface area (Å²) in [6, 6.07) is 0. The lowest BCUT2D eigenvalue weighted by Crippen LogP contribution is -2.42. The van der Waals surface area contributed by atoms with E-state index in [0.29, 0.717) is 5.92 Å². The molecule has 0 radical (unpaired) electrons. The third kappa shape index (κ3) is 1.85. The number of ether oxygens (including phenoxy) is 1. The van der Waals surface area contributed by atoms with Gasteiger partial charge in [-0.05, 0) is 38.0 Å². The van der Waals surface area contributed by atoms with E-state index >= 15 is 0 Å². The Hall–Kier alpha value is -0.370. The summed E-state index contributed by atoms with van der Waals surface area (Å²) in [5, 5.41) is 0. The van der Waals surface area contributed by atoms with Crippen LogP contribution in [0.1, 0.15) is 39.0 Å². The highest BCUT2D eigenvalue weighted by molar-refractivity contribution is 5.55. The molecule has 0 saturated heterocycles. The van der Waals surface area contributed by atoms with Gasteiger partial charge in [0.15, 0.2) is 0 Å². The van der Waals surface area contributed by atoms with Gasteiger partial charge in [0.25, 0.3) is 0 Å². The van der Waals surface area contributed by atoms with E-state index in [0.717, 1.165) is 25.2 Å². The van der Waals surface area contributed by atoms with Gasteiger partial charge in [0.2, 0.25) is 0 Å². The number of rotatable bonds is 3. The van der Waals surface area contributed by atoms with Crippen LogP contribution in [0.2, 0.25) is 0 Å². The van der Waals surface area contributed by atoms with Crippen molar-refractivity contribution >= 4 is 6.29 Å². The molecule has 4 unspecified atom stereocenters. The average Bonchev–Trinajstić information content (AvgIpc) is 2.22. The highest BCUT2D eigenvalue weighted by Gasteiger charge is 2.39. The summed E-state index contributed by atoms with van der Waals surface area (Å²) in [6.45, 7) is 2.77. The molecule has 0 N–H and O–H groups in total. The Morgan fingerprint density at radius 2 is 2.21 bits per heavy atom. The minimum atomic E-state index is 0.180. The van der Waals surface area contributed by atoms with Gasteiger partial charge in [0, 0.05) is 12.5 Å². The first-order valence-corrected chi connectivity index (χ1v) is 5.92. The van der Waals surface area contributed by atoms with Gasteiger partial charge in [0.05, 0.1) is 6.10 Å². The first-order valence-electron chi connectivity index (χ1n) is 5.92. The van der Waals surface area contributed by atoms with Crippen molar-refractivity contribution in [3.63, 3.8) is 0 Å². The predicted molar refractivity (Wildman–Crippen MR) is 55.0 cm³/mol. The second-order valence-corrected chi connectivity index (χ2v) is 4.75. The molecular weight excluding hydrogens is 176 g/mol. The monoisotopic (exact) mass is 196 g/mol. The Morgan fingerprint density at radius 3 is 2.93 bits per heavy atom. The third-order valence-corrected chi connectivity index (χ3v) is 3.85. The van der Waals surface area contributed by atoms with E-state index in [2.05, 4.69) is 0 Å². The fourth-order valence-corrected chi connectivity index (χ4v) is 3.30. The van der Waals surface area contributed by atoms with E-state index < -0.39 is 0 Å². The number of hydrogen-bond donors (Lipinski definition) is 0. The van der Waals surface area contributed by atoms with Gasteiger partial charge >= 0.3 is 0 Å². The fraction of sp³-hybridized carbons (Fsp3) is 0.917. The van der Waals surface area contributed by atoms with Gasteiger partial charge in [-0.2, -0.15) is 0 Å². The Morgan fingerprint density at radius 1 is 1.36 bits per heavy atom. The van der Waals surface area contributed by atoms with Gasteiger partial charge in [-0.1, -0.05) is 12.8 Å². The number of aldehydes is 1. The van der Waals surface area contributed by atoms with Crippen molar-refractivity contribution in [2.45, 2.75) is 45.1 Å². The van der Waals surface area contributed by atoms with Gasteiger partial charge in [-0.3, -0.25) is 0 Å². The Bertz CT molecular complexity index is 202. The van der Waals surface area contributed by atoms with Crippen LogP contribution in [0.25, 0.3) is 0 Å². The molecule has 2 saturated carbocycles. The van der Waals surface area contributed by atoms with Crippen molar-refractivity contribution < 1.29 is 9.53 Å². The zero-order valence-electron chi connectivity index (χ0n) is 8.95. The van der Waals surface area contributed by atoms with Gasteiger partial charge in [-0.25, -0.2) is 0 Å². The van der Waals surface area contributed by atoms with Gasteiger partial charge < -0.3 is 9.53 Å². The van der Waals surface area contributed by atoms with Crippen LogP contribution >= 0.6 is 0 Å². The maximum absolute atomic E-state index is 11.0. The topological polar surface area (TPSA) is 26.3 Å². The molecule has 2 nitrogen and oxygen atoms in total. The normalized spacial score (nSPS) is 42.1. The molecule has 2 rings (SSSR count). The van der Waals surface area contributed by atoms with Crippen molar-refractivity contribution in [3.05, 3.63) is 0 Å². The molecule has 2 aliphatic rings. The van der Waals surface area contributed by atoms with Crippen LogP contribution in [-0.4, -0.2) is 19.0 Å². The van der Waals surface area contributed by atoms with Crippen LogP contribution < -0.4 is 0 Å². The molecule has 80 valence electrons. The quantitative estimate of drug-likeness (QED) is 0.648. The lowest BCUT2D eigenvalue weighted by atomic mass is 9.66. The van der Waals surface area contributed by atoms with Crippen LogP contribution in [-0.2, 0) is 9.53 Å². The third-order valence-electron chi connectivity index (χ3n) is 3.85. The smallest absolute Gasteiger partial charge is 0.125 e. The molecule has 0 aliphatic heterocycles. The summed E-state index contributed by atoms with van der Waals surface area (Å²) < 4.78 is 5.74. The number of carbonyl (C=O) groups excluding carboxylic acids is 1. The van der Waals surface area contributed by atoms with Crippen LogP contribution in [0, 0.1) is 17.8 Å². The molecule has 0 aromatic carbocycles. The van der Waals surface area contributed by atoms with Crippen molar-refractivity contribution in [3.8, 4) is 0 Å². The summed E-state index contributed by atoms with van der Waals surface area (Å²) in [5.41, 5.74) is 0. The molecule has 0 heterocycles. The predicted octanol–water partition coefficient (Wildman–Crippen LogP) is 2.42. The largest absolute Gasteiger partial charge is 0.377 e. The number of hydrogen-bond acceptors (Lipinski definition) is 2. The molecule has 2 bridgehead atoms. The average molecular weight is 196 g/mol. The number of carbonyl (C=O) groups is 1. The molecule has 0 amide bonds. The van der Waals surface area contributed by atoms with Crippen LogP contribution in [0.5, 0.6) is 0 Å². The van der Waals surface area contributed by atoms with Crippen LogP contribution in [0.4, 0.5) is 0 Å². The molecular formula is C12H20O2. The molecule has 2 aliphatic carbocycles. The second kappa shape index (κ2) is 4.43. The van der Waals surface area contributed by atoms with E-state index in [1.807, 2.05) is 6.92 Å². The van der Waals surface area contributed by atoms with Gasteiger partial charge in [0.1, 0.15) is 6.29 Å². The standard InChI is InChI=1S/C12H20O2/c1-2-14-12-10-5-3-4-9(6-10)7-11(12)8-13/h8-12H,2-7H2,1H3. The van der Waals surface area contributed by atoms with Crippen molar-refractivity contribution in [2.24, 2.45) is 17.8 Å². The minimum Gasteiger partial charge on any atom is -0.377 e. The van der Waals surface area contributed by atoms with Crippen molar-refractivity contribution in [2.75, 3.05) is 6.61 Å². The van der Waals surface area contributed by atoms with Crippen molar-refractivity contribution in [1.29, 1.82) is 0 Å². The minimum absolute atomic E-state index is 0.180. The van der Waals surface area contributed by atoms with Crippen LogP contribution in [0.3, 0.4) is 0 Å². The van der Waals surface area contributed by atoms with E-state index in [1.165, 1.54) is 25.7 Å². The summed E-state index contributed by atoms with van der Waals surface area (Å²) >= 11 is 0. The Balaban J connectivity index is 2.05. The molecule has 0 aromatic rings.